The van der Waals surface area contributed by atoms with Crippen LogP contribution in [0.4, 0.5) is 0 Å². The minimum atomic E-state index is -0.0652. The zero-order chi connectivity index (χ0) is 16.7. The van der Waals surface area contributed by atoms with Gasteiger partial charge in [-0.05, 0) is 25.0 Å². The number of hydrogen-bond acceptors (Lipinski definition) is 4. The normalized spacial score (nSPS) is 15.3. The standard InChI is InChI=1S/C17H24N2O4/c1-18(22-2)17(21)14-8-11-19(12-9-14)16(20)10-13-23-15-6-4-3-5-7-15/h3-7,14H,8-13H2,1-2H3. The number of rotatable bonds is 6. The Balaban J connectivity index is 1.70. The van der Waals surface area contributed by atoms with Gasteiger partial charge in [0, 0.05) is 26.1 Å². The highest BCUT2D eigenvalue weighted by Gasteiger charge is 2.29. The van der Waals surface area contributed by atoms with Crippen molar-refractivity contribution in [3.8, 4) is 5.75 Å². The topological polar surface area (TPSA) is 59.1 Å². The van der Waals surface area contributed by atoms with Gasteiger partial charge in [0.15, 0.2) is 0 Å². The zero-order valence-corrected chi connectivity index (χ0v) is 13.7. The van der Waals surface area contributed by atoms with Crippen molar-refractivity contribution >= 4 is 11.8 Å². The van der Waals surface area contributed by atoms with Crippen LogP contribution in [0.15, 0.2) is 30.3 Å². The van der Waals surface area contributed by atoms with Gasteiger partial charge in [0.05, 0.1) is 20.1 Å². The van der Waals surface area contributed by atoms with E-state index in [1.807, 2.05) is 35.2 Å². The van der Waals surface area contributed by atoms with Crippen LogP contribution in [0.3, 0.4) is 0 Å². The Morgan fingerprint density at radius 1 is 1.22 bits per heavy atom. The number of ether oxygens (including phenoxy) is 1. The van der Waals surface area contributed by atoms with E-state index in [1.165, 1.54) is 12.2 Å². The second-order valence-corrected chi connectivity index (χ2v) is 5.58. The molecule has 1 aliphatic rings. The fourth-order valence-corrected chi connectivity index (χ4v) is 2.65. The highest BCUT2D eigenvalue weighted by molar-refractivity contribution is 5.79. The van der Waals surface area contributed by atoms with E-state index in [-0.39, 0.29) is 17.7 Å². The van der Waals surface area contributed by atoms with Crippen molar-refractivity contribution in [1.82, 2.24) is 9.96 Å². The molecule has 0 atom stereocenters. The minimum Gasteiger partial charge on any atom is -0.493 e. The van der Waals surface area contributed by atoms with Crippen LogP contribution < -0.4 is 4.74 Å². The van der Waals surface area contributed by atoms with Gasteiger partial charge in [-0.1, -0.05) is 18.2 Å². The molecule has 0 aromatic heterocycles. The molecule has 0 aliphatic carbocycles. The first-order chi connectivity index (χ1) is 11.1. The highest BCUT2D eigenvalue weighted by Crippen LogP contribution is 2.20. The summed E-state index contributed by atoms with van der Waals surface area (Å²) < 4.78 is 5.55. The number of likely N-dealkylation sites (tertiary alicyclic amines) is 1. The first-order valence-electron chi connectivity index (χ1n) is 7.89. The van der Waals surface area contributed by atoms with Gasteiger partial charge in [0.25, 0.3) is 0 Å². The number of nitrogens with zero attached hydrogens (tertiary/aromatic N) is 2. The molecule has 0 saturated carbocycles. The van der Waals surface area contributed by atoms with Crippen molar-refractivity contribution in [2.75, 3.05) is 33.9 Å². The molecule has 2 amide bonds. The number of amides is 2. The van der Waals surface area contributed by atoms with E-state index >= 15 is 0 Å². The molecule has 0 radical (unpaired) electrons. The summed E-state index contributed by atoms with van der Waals surface area (Å²) in [7, 11) is 3.09. The lowest BCUT2D eigenvalue weighted by atomic mass is 9.95. The van der Waals surface area contributed by atoms with Crippen molar-refractivity contribution in [3.63, 3.8) is 0 Å². The van der Waals surface area contributed by atoms with Gasteiger partial charge < -0.3 is 9.64 Å². The van der Waals surface area contributed by atoms with Gasteiger partial charge in [0.1, 0.15) is 5.75 Å². The molecule has 1 aliphatic heterocycles. The quantitative estimate of drug-likeness (QED) is 0.749. The predicted molar refractivity (Wildman–Crippen MR) is 85.6 cm³/mol. The first-order valence-corrected chi connectivity index (χ1v) is 7.89. The summed E-state index contributed by atoms with van der Waals surface area (Å²) in [5, 5.41) is 1.26. The summed E-state index contributed by atoms with van der Waals surface area (Å²) in [6.07, 6.45) is 1.71. The largest absolute Gasteiger partial charge is 0.493 e. The molecule has 0 unspecified atom stereocenters. The number of carbonyl (C=O) groups is 2. The lowest BCUT2D eigenvalue weighted by Gasteiger charge is -2.32. The smallest absolute Gasteiger partial charge is 0.249 e. The van der Waals surface area contributed by atoms with Crippen molar-refractivity contribution in [2.24, 2.45) is 5.92 Å². The van der Waals surface area contributed by atoms with Crippen molar-refractivity contribution in [2.45, 2.75) is 19.3 Å². The molecule has 0 bridgehead atoms. The van der Waals surface area contributed by atoms with Crippen molar-refractivity contribution in [1.29, 1.82) is 0 Å². The molecule has 1 aromatic carbocycles. The van der Waals surface area contributed by atoms with Gasteiger partial charge in [0.2, 0.25) is 11.8 Å². The van der Waals surface area contributed by atoms with Gasteiger partial charge in [-0.3, -0.25) is 14.4 Å². The van der Waals surface area contributed by atoms with Gasteiger partial charge in [-0.2, -0.15) is 0 Å². The molecule has 6 heteroatoms. The summed E-state index contributed by atoms with van der Waals surface area (Å²) >= 11 is 0. The molecule has 1 fully saturated rings. The second kappa shape index (κ2) is 8.53. The fraction of sp³-hybridized carbons (Fsp3) is 0.529. The van der Waals surface area contributed by atoms with E-state index < -0.39 is 0 Å². The van der Waals surface area contributed by atoms with Crippen LogP contribution in [0.2, 0.25) is 0 Å². The first kappa shape index (κ1) is 17.3. The predicted octanol–water partition coefficient (Wildman–Crippen LogP) is 1.71. The van der Waals surface area contributed by atoms with Crippen LogP contribution >= 0.6 is 0 Å². The Morgan fingerprint density at radius 3 is 2.48 bits per heavy atom. The Hall–Kier alpha value is -2.08. The third kappa shape index (κ3) is 4.96. The Morgan fingerprint density at radius 2 is 1.87 bits per heavy atom. The third-order valence-electron chi connectivity index (χ3n) is 4.11. The van der Waals surface area contributed by atoms with E-state index in [4.69, 9.17) is 9.57 Å². The average molecular weight is 320 g/mol. The number of benzene rings is 1. The summed E-state index contributed by atoms with van der Waals surface area (Å²) in [5.41, 5.74) is 0. The number of hydrogen-bond donors (Lipinski definition) is 0. The molecule has 126 valence electrons. The molecule has 1 heterocycles. The Kier molecular flexibility index (Phi) is 6.40. The summed E-state index contributed by atoms with van der Waals surface area (Å²) in [5.74, 6) is 0.760. The van der Waals surface area contributed by atoms with Crippen LogP contribution in [-0.4, -0.2) is 55.6 Å². The average Bonchev–Trinajstić information content (AvgIpc) is 2.61. The maximum atomic E-state index is 12.2. The molecule has 2 rings (SSSR count). The molecule has 1 aromatic rings. The third-order valence-corrected chi connectivity index (χ3v) is 4.11. The van der Waals surface area contributed by atoms with Crippen molar-refractivity contribution in [3.05, 3.63) is 30.3 Å². The van der Waals surface area contributed by atoms with Crippen LogP contribution in [0.25, 0.3) is 0 Å². The van der Waals surface area contributed by atoms with Crippen LogP contribution in [0, 0.1) is 5.92 Å². The monoisotopic (exact) mass is 320 g/mol. The maximum absolute atomic E-state index is 12.2. The van der Waals surface area contributed by atoms with Gasteiger partial charge in [-0.15, -0.1) is 0 Å². The summed E-state index contributed by atoms with van der Waals surface area (Å²) in [4.78, 5) is 30.9. The zero-order valence-electron chi connectivity index (χ0n) is 13.7. The number of hydroxylamine groups is 2. The fourth-order valence-electron chi connectivity index (χ4n) is 2.65. The van der Waals surface area contributed by atoms with Crippen molar-refractivity contribution < 1.29 is 19.2 Å². The minimum absolute atomic E-state index is 0.0213. The molecule has 1 saturated heterocycles. The van der Waals surface area contributed by atoms with E-state index in [9.17, 15) is 9.59 Å². The van der Waals surface area contributed by atoms with Gasteiger partial charge in [-0.25, -0.2) is 5.06 Å². The van der Waals surface area contributed by atoms with E-state index in [0.717, 1.165) is 5.75 Å². The van der Waals surface area contributed by atoms with E-state index in [1.54, 1.807) is 7.05 Å². The van der Waals surface area contributed by atoms with Crippen LogP contribution in [-0.2, 0) is 14.4 Å². The SMILES string of the molecule is CON(C)C(=O)C1CCN(C(=O)CCOc2ccccc2)CC1. The lowest BCUT2D eigenvalue weighted by molar-refractivity contribution is -0.175. The summed E-state index contributed by atoms with van der Waals surface area (Å²) in [6.45, 7) is 1.59. The molecule has 6 nitrogen and oxygen atoms in total. The van der Waals surface area contributed by atoms with E-state index in [2.05, 4.69) is 0 Å². The molecular formula is C17H24N2O4. The number of carbonyl (C=O) groups excluding carboxylic acids is 2. The molecular weight excluding hydrogens is 296 g/mol. The molecule has 0 spiro atoms. The maximum Gasteiger partial charge on any atom is 0.249 e. The second-order valence-electron chi connectivity index (χ2n) is 5.58. The highest BCUT2D eigenvalue weighted by atomic mass is 16.7. The van der Waals surface area contributed by atoms with Gasteiger partial charge >= 0.3 is 0 Å². The summed E-state index contributed by atoms with van der Waals surface area (Å²) in [6, 6.07) is 9.46. The molecule has 23 heavy (non-hydrogen) atoms. The number of piperidine rings is 1. The Labute approximate surface area is 136 Å². The lowest BCUT2D eigenvalue weighted by Crippen LogP contribution is -2.43. The van der Waals surface area contributed by atoms with Crippen LogP contribution in [0.1, 0.15) is 19.3 Å². The van der Waals surface area contributed by atoms with E-state index in [0.29, 0.717) is 39.0 Å². The van der Waals surface area contributed by atoms with Crippen LogP contribution in [0.5, 0.6) is 5.75 Å². The molecule has 0 N–H and O–H groups in total. The Bertz CT molecular complexity index is 513. The number of para-hydroxylation sites is 1.